The summed E-state index contributed by atoms with van der Waals surface area (Å²) in [4.78, 5) is 2.34. The van der Waals surface area contributed by atoms with E-state index in [9.17, 15) is 0 Å². The van der Waals surface area contributed by atoms with E-state index in [2.05, 4.69) is 187 Å². The molecule has 2 heterocycles. The van der Waals surface area contributed by atoms with Gasteiger partial charge < -0.3 is 13.7 Å². The van der Waals surface area contributed by atoms with Gasteiger partial charge in [-0.05, 0) is 76.0 Å². The van der Waals surface area contributed by atoms with Crippen LogP contribution >= 0.6 is 0 Å². The third-order valence-electron chi connectivity index (χ3n) is 10.7. The summed E-state index contributed by atoms with van der Waals surface area (Å²) in [6.45, 7) is 0. The third-order valence-corrected chi connectivity index (χ3v) is 10.7. The van der Waals surface area contributed by atoms with Gasteiger partial charge in [-0.3, -0.25) is 0 Å². The molecule has 0 aliphatic heterocycles. The van der Waals surface area contributed by atoms with Gasteiger partial charge in [-0.25, -0.2) is 0 Å². The molecule has 248 valence electrons. The van der Waals surface area contributed by atoms with Gasteiger partial charge in [-0.15, -0.1) is 0 Å². The zero-order valence-electron chi connectivity index (χ0n) is 28.7. The number of fused-ring (bicyclic) bond motifs is 9. The second-order valence-electron chi connectivity index (χ2n) is 13.7. The standard InChI is InChI=1S/C50H31NO2/c1-2-10-34(11-3-1)41-17-9-18-43-45-30-36(23-29-47(45)52-49(41)43)32-20-24-37(25-21-32)51(46-19-8-14-33-12-4-6-15-39(33)46)38-26-28-42-44-27-22-35-13-5-7-16-40(35)50(44)53-48(42)31-38/h1-31H. The van der Waals surface area contributed by atoms with Crippen molar-refractivity contribution < 1.29 is 8.83 Å². The number of furan rings is 2. The topological polar surface area (TPSA) is 29.5 Å². The molecule has 0 unspecified atom stereocenters. The average molecular weight is 678 g/mol. The van der Waals surface area contributed by atoms with Gasteiger partial charge in [0.2, 0.25) is 0 Å². The van der Waals surface area contributed by atoms with E-state index in [0.717, 1.165) is 88.6 Å². The van der Waals surface area contributed by atoms with Crippen molar-refractivity contribution in [1.82, 2.24) is 0 Å². The summed E-state index contributed by atoms with van der Waals surface area (Å²) in [7, 11) is 0. The van der Waals surface area contributed by atoms with Crippen LogP contribution in [0, 0.1) is 0 Å². The Labute approximate surface area is 305 Å². The maximum atomic E-state index is 6.65. The maximum absolute atomic E-state index is 6.65. The number of anilines is 3. The van der Waals surface area contributed by atoms with Crippen LogP contribution in [0.5, 0.6) is 0 Å². The molecule has 0 amide bonds. The Hall–Kier alpha value is -7.10. The fourth-order valence-electron chi connectivity index (χ4n) is 8.09. The van der Waals surface area contributed by atoms with Gasteiger partial charge in [-0.1, -0.05) is 133 Å². The Kier molecular flexibility index (Phi) is 6.55. The second kappa shape index (κ2) is 11.7. The van der Waals surface area contributed by atoms with E-state index in [1.807, 2.05) is 6.07 Å². The lowest BCUT2D eigenvalue weighted by atomic mass is 10.00. The summed E-state index contributed by atoms with van der Waals surface area (Å²) in [5.74, 6) is 0. The van der Waals surface area contributed by atoms with Crippen LogP contribution in [0.15, 0.2) is 197 Å². The minimum Gasteiger partial charge on any atom is -0.455 e. The van der Waals surface area contributed by atoms with Gasteiger partial charge in [0, 0.05) is 55.3 Å². The van der Waals surface area contributed by atoms with Crippen LogP contribution in [0.2, 0.25) is 0 Å². The lowest BCUT2D eigenvalue weighted by Gasteiger charge is -2.27. The van der Waals surface area contributed by atoms with Crippen LogP contribution in [0.1, 0.15) is 0 Å². The first-order valence-electron chi connectivity index (χ1n) is 18.0. The normalized spacial score (nSPS) is 11.8. The molecule has 0 saturated carbocycles. The van der Waals surface area contributed by atoms with Crippen molar-refractivity contribution in [2.45, 2.75) is 0 Å². The Morgan fingerprint density at radius 2 is 0.962 bits per heavy atom. The molecule has 0 spiro atoms. The highest BCUT2D eigenvalue weighted by molar-refractivity contribution is 6.16. The maximum Gasteiger partial charge on any atom is 0.143 e. The predicted octanol–water partition coefficient (Wildman–Crippen LogP) is 14.6. The summed E-state index contributed by atoms with van der Waals surface area (Å²) >= 11 is 0. The molecular weight excluding hydrogens is 647 g/mol. The smallest absolute Gasteiger partial charge is 0.143 e. The molecule has 11 aromatic rings. The molecule has 0 N–H and O–H groups in total. The first-order chi connectivity index (χ1) is 26.3. The predicted molar refractivity (Wildman–Crippen MR) is 222 cm³/mol. The van der Waals surface area contributed by atoms with Crippen molar-refractivity contribution in [3.8, 4) is 22.3 Å². The zero-order chi connectivity index (χ0) is 34.9. The fraction of sp³-hybridized carbons (Fsp3) is 0. The van der Waals surface area contributed by atoms with Crippen molar-refractivity contribution in [2.75, 3.05) is 4.90 Å². The van der Waals surface area contributed by atoms with E-state index in [4.69, 9.17) is 8.83 Å². The van der Waals surface area contributed by atoms with E-state index in [-0.39, 0.29) is 0 Å². The van der Waals surface area contributed by atoms with Gasteiger partial charge in [0.1, 0.15) is 22.3 Å². The first-order valence-corrected chi connectivity index (χ1v) is 18.0. The number of para-hydroxylation sites is 1. The molecule has 0 aliphatic rings. The summed E-state index contributed by atoms with van der Waals surface area (Å²) < 4.78 is 13.1. The highest BCUT2D eigenvalue weighted by Crippen LogP contribution is 2.43. The third kappa shape index (κ3) is 4.75. The van der Waals surface area contributed by atoms with Crippen LogP contribution in [0.3, 0.4) is 0 Å². The minimum absolute atomic E-state index is 0.867. The Balaban J connectivity index is 1.04. The highest BCUT2D eigenvalue weighted by atomic mass is 16.3. The fourth-order valence-corrected chi connectivity index (χ4v) is 8.09. The number of hydrogen-bond acceptors (Lipinski definition) is 3. The Bertz CT molecular complexity index is 3160. The van der Waals surface area contributed by atoms with Crippen molar-refractivity contribution in [2.24, 2.45) is 0 Å². The Morgan fingerprint density at radius 1 is 0.321 bits per heavy atom. The van der Waals surface area contributed by atoms with Gasteiger partial charge >= 0.3 is 0 Å². The van der Waals surface area contributed by atoms with Crippen LogP contribution in [-0.2, 0) is 0 Å². The molecule has 53 heavy (non-hydrogen) atoms. The molecule has 11 rings (SSSR count). The van der Waals surface area contributed by atoms with Crippen LogP contribution in [-0.4, -0.2) is 0 Å². The summed E-state index contributed by atoms with van der Waals surface area (Å²) in [5.41, 5.74) is 11.3. The van der Waals surface area contributed by atoms with Crippen LogP contribution in [0.4, 0.5) is 17.1 Å². The molecule has 3 nitrogen and oxygen atoms in total. The summed E-state index contributed by atoms with van der Waals surface area (Å²) in [6.07, 6.45) is 0. The minimum atomic E-state index is 0.867. The molecule has 9 aromatic carbocycles. The lowest BCUT2D eigenvalue weighted by molar-refractivity contribution is 0.670. The average Bonchev–Trinajstić information content (AvgIpc) is 3.80. The van der Waals surface area contributed by atoms with E-state index in [1.165, 1.54) is 16.2 Å². The first kappa shape index (κ1) is 29.6. The molecule has 0 fully saturated rings. The molecule has 2 aromatic heterocycles. The van der Waals surface area contributed by atoms with Crippen molar-refractivity contribution >= 4 is 82.5 Å². The number of rotatable bonds is 5. The largest absolute Gasteiger partial charge is 0.455 e. The molecule has 0 aliphatic carbocycles. The molecular formula is C50H31NO2. The van der Waals surface area contributed by atoms with E-state index >= 15 is 0 Å². The van der Waals surface area contributed by atoms with Crippen LogP contribution in [0.25, 0.3) is 87.7 Å². The quantitative estimate of drug-likeness (QED) is 0.182. The van der Waals surface area contributed by atoms with Crippen molar-refractivity contribution in [3.63, 3.8) is 0 Å². The lowest BCUT2D eigenvalue weighted by Crippen LogP contribution is -2.10. The molecule has 0 saturated heterocycles. The van der Waals surface area contributed by atoms with E-state index < -0.39 is 0 Å². The van der Waals surface area contributed by atoms with E-state index in [0.29, 0.717) is 0 Å². The Morgan fingerprint density at radius 3 is 1.83 bits per heavy atom. The van der Waals surface area contributed by atoms with Gasteiger partial charge in [0.25, 0.3) is 0 Å². The molecule has 0 radical (unpaired) electrons. The van der Waals surface area contributed by atoms with Crippen molar-refractivity contribution in [1.29, 1.82) is 0 Å². The number of hydrogen-bond donors (Lipinski definition) is 0. The molecule has 3 heteroatoms. The zero-order valence-corrected chi connectivity index (χ0v) is 28.7. The van der Waals surface area contributed by atoms with Crippen LogP contribution < -0.4 is 4.90 Å². The highest BCUT2D eigenvalue weighted by Gasteiger charge is 2.19. The molecule has 0 atom stereocenters. The SMILES string of the molecule is c1ccc(-c2cccc3c2oc2ccc(-c4ccc(N(c5ccc6c(c5)oc5c7ccccc7ccc65)c5cccc6ccccc56)cc4)cc23)cc1. The summed E-state index contributed by atoms with van der Waals surface area (Å²) in [5, 5.41) is 9.16. The van der Waals surface area contributed by atoms with Gasteiger partial charge in [-0.2, -0.15) is 0 Å². The van der Waals surface area contributed by atoms with Gasteiger partial charge in [0.15, 0.2) is 0 Å². The molecule has 0 bridgehead atoms. The van der Waals surface area contributed by atoms with Gasteiger partial charge in [0.05, 0.1) is 5.69 Å². The monoisotopic (exact) mass is 677 g/mol. The number of benzene rings is 9. The second-order valence-corrected chi connectivity index (χ2v) is 13.7. The summed E-state index contributed by atoms with van der Waals surface area (Å²) in [6, 6.07) is 66.7. The van der Waals surface area contributed by atoms with Crippen molar-refractivity contribution in [3.05, 3.63) is 188 Å². The number of nitrogens with zero attached hydrogens (tertiary/aromatic N) is 1. The van der Waals surface area contributed by atoms with E-state index in [1.54, 1.807) is 0 Å².